The van der Waals surface area contributed by atoms with E-state index in [0.717, 1.165) is 30.7 Å². The predicted octanol–water partition coefficient (Wildman–Crippen LogP) is 2.67. The average molecular weight is 247 g/mol. The lowest BCUT2D eigenvalue weighted by Crippen LogP contribution is -2.46. The molecule has 0 amide bonds. The van der Waals surface area contributed by atoms with Crippen LogP contribution in [-0.4, -0.2) is 24.6 Å². The van der Waals surface area contributed by atoms with E-state index in [-0.39, 0.29) is 0 Å². The molecule has 1 aliphatic heterocycles. The van der Waals surface area contributed by atoms with Crippen molar-refractivity contribution in [2.75, 3.05) is 18.5 Å². The Kier molecular flexibility index (Phi) is 4.23. The van der Waals surface area contributed by atoms with E-state index in [1.807, 2.05) is 13.2 Å². The van der Waals surface area contributed by atoms with Crippen LogP contribution in [0, 0.1) is 11.8 Å². The van der Waals surface area contributed by atoms with E-state index in [1.165, 1.54) is 12.0 Å². The predicted molar refractivity (Wildman–Crippen MR) is 76.8 cm³/mol. The Morgan fingerprint density at radius 3 is 2.89 bits per heavy atom. The monoisotopic (exact) mass is 247 g/mol. The number of rotatable bonds is 3. The van der Waals surface area contributed by atoms with Crippen molar-refractivity contribution in [1.29, 1.82) is 0 Å². The molecule has 3 atom stereocenters. The van der Waals surface area contributed by atoms with Crippen LogP contribution in [0.5, 0.6) is 0 Å². The molecule has 1 aliphatic rings. The minimum Gasteiger partial charge on any atom is -0.353 e. The molecule has 2 rings (SSSR count). The highest BCUT2D eigenvalue weighted by Crippen LogP contribution is 2.30. The fourth-order valence-electron chi connectivity index (χ4n) is 2.95. The van der Waals surface area contributed by atoms with Gasteiger partial charge in [-0.3, -0.25) is 0 Å². The van der Waals surface area contributed by atoms with Gasteiger partial charge in [0, 0.05) is 25.3 Å². The molecular formula is C15H25N3. The number of piperidine rings is 1. The van der Waals surface area contributed by atoms with Gasteiger partial charge in [-0.05, 0) is 49.9 Å². The third-order valence-electron chi connectivity index (χ3n) is 4.08. The normalized spacial score (nSPS) is 28.4. The maximum absolute atomic E-state index is 4.56. The number of aromatic nitrogens is 1. The molecule has 3 unspecified atom stereocenters. The summed E-state index contributed by atoms with van der Waals surface area (Å²) in [5.41, 5.74) is 1.31. The van der Waals surface area contributed by atoms with E-state index in [4.69, 9.17) is 0 Å². The van der Waals surface area contributed by atoms with Gasteiger partial charge in [0.15, 0.2) is 0 Å². The van der Waals surface area contributed by atoms with Gasteiger partial charge in [-0.25, -0.2) is 4.98 Å². The number of hydrogen-bond acceptors (Lipinski definition) is 3. The van der Waals surface area contributed by atoms with E-state index in [9.17, 15) is 0 Å². The number of nitrogens with zero attached hydrogens (tertiary/aromatic N) is 2. The fourth-order valence-corrected chi connectivity index (χ4v) is 2.95. The molecule has 0 spiro atoms. The van der Waals surface area contributed by atoms with Gasteiger partial charge >= 0.3 is 0 Å². The standard InChI is InChI=1S/C15H25N3/c1-11-7-12(2)13(3)18(10-11)15-8-14(9-16-4)5-6-17-15/h5-6,8,11-13,16H,7,9-10H2,1-4H3. The quantitative estimate of drug-likeness (QED) is 0.890. The topological polar surface area (TPSA) is 28.2 Å². The van der Waals surface area contributed by atoms with Gasteiger partial charge in [0.25, 0.3) is 0 Å². The largest absolute Gasteiger partial charge is 0.353 e. The molecule has 0 radical (unpaired) electrons. The maximum Gasteiger partial charge on any atom is 0.129 e. The van der Waals surface area contributed by atoms with Crippen molar-refractivity contribution < 1.29 is 0 Å². The lowest BCUT2D eigenvalue weighted by Gasteiger charge is -2.42. The molecule has 0 aliphatic carbocycles. The molecule has 18 heavy (non-hydrogen) atoms. The van der Waals surface area contributed by atoms with Crippen molar-refractivity contribution in [2.24, 2.45) is 11.8 Å². The molecule has 1 fully saturated rings. The molecule has 0 aromatic carbocycles. The lowest BCUT2D eigenvalue weighted by molar-refractivity contribution is 0.295. The third kappa shape index (κ3) is 2.83. The third-order valence-corrected chi connectivity index (χ3v) is 4.08. The average Bonchev–Trinajstić information content (AvgIpc) is 2.34. The number of anilines is 1. The van der Waals surface area contributed by atoms with E-state index in [0.29, 0.717) is 6.04 Å². The smallest absolute Gasteiger partial charge is 0.129 e. The molecule has 1 aromatic heterocycles. The maximum atomic E-state index is 4.56. The Labute approximate surface area is 111 Å². The summed E-state index contributed by atoms with van der Waals surface area (Å²) in [6.45, 7) is 9.05. The molecule has 1 aromatic rings. The van der Waals surface area contributed by atoms with Crippen molar-refractivity contribution in [3.8, 4) is 0 Å². The summed E-state index contributed by atoms with van der Waals surface area (Å²) in [6.07, 6.45) is 3.26. The summed E-state index contributed by atoms with van der Waals surface area (Å²) in [6, 6.07) is 4.89. The Morgan fingerprint density at radius 2 is 2.17 bits per heavy atom. The van der Waals surface area contributed by atoms with E-state index >= 15 is 0 Å². The van der Waals surface area contributed by atoms with Crippen LogP contribution in [0.1, 0.15) is 32.8 Å². The Bertz CT molecular complexity index is 391. The molecular weight excluding hydrogens is 222 g/mol. The van der Waals surface area contributed by atoms with Gasteiger partial charge in [0.1, 0.15) is 5.82 Å². The zero-order valence-corrected chi connectivity index (χ0v) is 12.0. The summed E-state index contributed by atoms with van der Waals surface area (Å²) in [5, 5.41) is 3.20. The highest BCUT2D eigenvalue weighted by molar-refractivity contribution is 5.43. The Morgan fingerprint density at radius 1 is 1.39 bits per heavy atom. The number of hydrogen-bond donors (Lipinski definition) is 1. The van der Waals surface area contributed by atoms with Gasteiger partial charge in [0.2, 0.25) is 0 Å². The van der Waals surface area contributed by atoms with Crippen LogP contribution in [0.25, 0.3) is 0 Å². The first-order chi connectivity index (χ1) is 8.61. The summed E-state index contributed by atoms with van der Waals surface area (Å²) in [7, 11) is 1.98. The summed E-state index contributed by atoms with van der Waals surface area (Å²) in [4.78, 5) is 7.03. The second-order valence-corrected chi connectivity index (χ2v) is 5.76. The first-order valence-electron chi connectivity index (χ1n) is 6.98. The Hall–Kier alpha value is -1.09. The zero-order valence-electron chi connectivity index (χ0n) is 12.0. The first kappa shape index (κ1) is 13.3. The Balaban J connectivity index is 2.20. The molecule has 1 saturated heterocycles. The minimum atomic E-state index is 0.582. The van der Waals surface area contributed by atoms with Crippen molar-refractivity contribution in [2.45, 2.75) is 39.8 Å². The van der Waals surface area contributed by atoms with Crippen LogP contribution in [0.4, 0.5) is 5.82 Å². The van der Waals surface area contributed by atoms with Crippen molar-refractivity contribution in [1.82, 2.24) is 10.3 Å². The highest BCUT2D eigenvalue weighted by Gasteiger charge is 2.29. The summed E-state index contributed by atoms with van der Waals surface area (Å²) < 4.78 is 0. The molecule has 3 heteroatoms. The summed E-state index contributed by atoms with van der Waals surface area (Å²) in [5.74, 6) is 2.63. The highest BCUT2D eigenvalue weighted by atomic mass is 15.2. The fraction of sp³-hybridized carbons (Fsp3) is 0.667. The van der Waals surface area contributed by atoms with Gasteiger partial charge in [-0.15, -0.1) is 0 Å². The van der Waals surface area contributed by atoms with Gasteiger partial charge in [0.05, 0.1) is 0 Å². The summed E-state index contributed by atoms with van der Waals surface area (Å²) >= 11 is 0. The van der Waals surface area contributed by atoms with E-state index < -0.39 is 0 Å². The molecule has 3 nitrogen and oxygen atoms in total. The van der Waals surface area contributed by atoms with Crippen molar-refractivity contribution in [3.05, 3.63) is 23.9 Å². The van der Waals surface area contributed by atoms with Crippen LogP contribution < -0.4 is 10.2 Å². The SMILES string of the molecule is CNCc1ccnc(N2CC(C)CC(C)C2C)c1. The number of nitrogens with one attached hydrogen (secondary N) is 1. The molecule has 1 N–H and O–H groups in total. The van der Waals surface area contributed by atoms with Crippen LogP contribution in [0.3, 0.4) is 0 Å². The first-order valence-corrected chi connectivity index (χ1v) is 6.98. The van der Waals surface area contributed by atoms with E-state index in [2.05, 4.69) is 48.1 Å². The van der Waals surface area contributed by atoms with Gasteiger partial charge in [-0.1, -0.05) is 13.8 Å². The van der Waals surface area contributed by atoms with Gasteiger partial charge in [-0.2, -0.15) is 0 Å². The number of pyridine rings is 1. The molecule has 100 valence electrons. The minimum absolute atomic E-state index is 0.582. The van der Waals surface area contributed by atoms with E-state index in [1.54, 1.807) is 0 Å². The lowest BCUT2D eigenvalue weighted by atomic mass is 9.86. The van der Waals surface area contributed by atoms with Crippen molar-refractivity contribution in [3.63, 3.8) is 0 Å². The van der Waals surface area contributed by atoms with Crippen LogP contribution >= 0.6 is 0 Å². The molecule has 2 heterocycles. The van der Waals surface area contributed by atoms with Crippen molar-refractivity contribution >= 4 is 5.82 Å². The van der Waals surface area contributed by atoms with Crippen LogP contribution in [-0.2, 0) is 6.54 Å². The second kappa shape index (κ2) is 5.70. The van der Waals surface area contributed by atoms with Crippen LogP contribution in [0.15, 0.2) is 18.3 Å². The van der Waals surface area contributed by atoms with Gasteiger partial charge < -0.3 is 10.2 Å². The molecule has 0 saturated carbocycles. The molecule has 0 bridgehead atoms. The van der Waals surface area contributed by atoms with Crippen LogP contribution in [0.2, 0.25) is 0 Å². The second-order valence-electron chi connectivity index (χ2n) is 5.76. The zero-order chi connectivity index (χ0) is 13.1.